The van der Waals surface area contributed by atoms with Crippen LogP contribution in [0.1, 0.15) is 27.0 Å². The molecule has 0 atom stereocenters. The number of phenolic OH excluding ortho intramolecular Hbond substituents is 2. The lowest BCUT2D eigenvalue weighted by Crippen LogP contribution is -2.26. The molecule has 5 rings (SSSR count). The fraction of sp³-hybridized carbons (Fsp3) is 0.154. The average molecular weight is 441 g/mol. The van der Waals surface area contributed by atoms with Crippen molar-refractivity contribution in [2.24, 2.45) is 7.05 Å². The Morgan fingerprint density at radius 3 is 2.33 bits per heavy atom. The number of hydrogen-bond acceptors (Lipinski definition) is 5. The molecule has 4 aromatic rings. The minimum atomic E-state index is -0.313. The summed E-state index contributed by atoms with van der Waals surface area (Å²) in [6, 6.07) is 20.4. The molecule has 0 saturated carbocycles. The number of hydrogen-bond donors (Lipinski definition) is 3. The SMILES string of the molecule is Cc1ccccc1-c1cc(Nc2cc(O)cc(O)c2C(=O)N2Cc3ccccc3C2)n(C)n1. The van der Waals surface area contributed by atoms with Crippen molar-refractivity contribution in [3.63, 3.8) is 0 Å². The van der Waals surface area contributed by atoms with E-state index in [0.29, 0.717) is 24.6 Å². The Morgan fingerprint density at radius 1 is 0.970 bits per heavy atom. The standard InChI is InChI=1S/C26H24N4O3/c1-16-7-3-6-10-20(16)21-13-24(29(2)28-21)27-22-11-19(31)12-23(32)25(22)26(33)30-14-17-8-4-5-9-18(17)15-30/h3-13,27,31-32H,14-15H2,1-2H3. The molecular weight excluding hydrogens is 416 g/mol. The number of nitrogens with one attached hydrogen (secondary N) is 1. The van der Waals surface area contributed by atoms with E-state index in [1.165, 1.54) is 12.1 Å². The monoisotopic (exact) mass is 440 g/mol. The smallest absolute Gasteiger partial charge is 0.260 e. The van der Waals surface area contributed by atoms with E-state index >= 15 is 0 Å². The van der Waals surface area contributed by atoms with Gasteiger partial charge in [0.25, 0.3) is 5.91 Å². The molecule has 0 radical (unpaired) electrons. The molecule has 3 aromatic carbocycles. The van der Waals surface area contributed by atoms with Gasteiger partial charge in [0.15, 0.2) is 0 Å². The van der Waals surface area contributed by atoms with Crippen molar-refractivity contribution >= 4 is 17.4 Å². The van der Waals surface area contributed by atoms with Crippen LogP contribution in [0.3, 0.4) is 0 Å². The van der Waals surface area contributed by atoms with Gasteiger partial charge in [-0.2, -0.15) is 5.10 Å². The second-order valence-corrected chi connectivity index (χ2v) is 8.30. The molecule has 0 spiro atoms. The van der Waals surface area contributed by atoms with Gasteiger partial charge in [-0.1, -0.05) is 48.5 Å². The molecule has 1 aliphatic heterocycles. The van der Waals surface area contributed by atoms with Gasteiger partial charge >= 0.3 is 0 Å². The van der Waals surface area contributed by atoms with Crippen LogP contribution in [0.15, 0.2) is 66.7 Å². The highest BCUT2D eigenvalue weighted by Crippen LogP contribution is 2.36. The van der Waals surface area contributed by atoms with E-state index in [9.17, 15) is 15.0 Å². The van der Waals surface area contributed by atoms with Gasteiger partial charge in [0.05, 0.1) is 11.4 Å². The van der Waals surface area contributed by atoms with Gasteiger partial charge in [-0.25, -0.2) is 0 Å². The molecule has 166 valence electrons. The third kappa shape index (κ3) is 3.78. The van der Waals surface area contributed by atoms with Crippen molar-refractivity contribution in [1.29, 1.82) is 0 Å². The number of carbonyl (C=O) groups is 1. The van der Waals surface area contributed by atoms with Crippen molar-refractivity contribution in [3.05, 3.63) is 89.0 Å². The van der Waals surface area contributed by atoms with E-state index in [-0.39, 0.29) is 23.0 Å². The summed E-state index contributed by atoms with van der Waals surface area (Å²) in [6.07, 6.45) is 0. The number of aromatic hydroxyl groups is 2. The summed E-state index contributed by atoms with van der Waals surface area (Å²) in [4.78, 5) is 15.1. The molecule has 0 aliphatic carbocycles. The zero-order valence-electron chi connectivity index (χ0n) is 18.4. The van der Waals surface area contributed by atoms with Gasteiger partial charge < -0.3 is 20.4 Å². The van der Waals surface area contributed by atoms with Crippen LogP contribution >= 0.6 is 0 Å². The molecule has 1 amide bonds. The summed E-state index contributed by atoms with van der Waals surface area (Å²) in [7, 11) is 1.80. The molecule has 2 heterocycles. The summed E-state index contributed by atoms with van der Waals surface area (Å²) < 4.78 is 1.67. The minimum Gasteiger partial charge on any atom is -0.508 e. The topological polar surface area (TPSA) is 90.6 Å². The molecule has 7 heteroatoms. The first-order valence-corrected chi connectivity index (χ1v) is 10.7. The molecule has 7 nitrogen and oxygen atoms in total. The zero-order valence-corrected chi connectivity index (χ0v) is 18.4. The Morgan fingerprint density at radius 2 is 1.64 bits per heavy atom. The zero-order chi connectivity index (χ0) is 23.1. The fourth-order valence-corrected chi connectivity index (χ4v) is 4.28. The highest BCUT2D eigenvalue weighted by atomic mass is 16.3. The Kier molecular flexibility index (Phi) is 5.01. The molecule has 33 heavy (non-hydrogen) atoms. The molecule has 1 aliphatic rings. The molecule has 1 aromatic heterocycles. The van der Waals surface area contributed by atoms with Crippen molar-refractivity contribution in [2.45, 2.75) is 20.0 Å². The summed E-state index contributed by atoms with van der Waals surface area (Å²) in [5, 5.41) is 28.5. The molecular formula is C26H24N4O3. The van der Waals surface area contributed by atoms with Gasteiger partial charge in [-0.3, -0.25) is 9.48 Å². The maximum atomic E-state index is 13.4. The van der Waals surface area contributed by atoms with Crippen LogP contribution in [0.2, 0.25) is 0 Å². The maximum Gasteiger partial charge on any atom is 0.260 e. The second kappa shape index (κ2) is 8.02. The first kappa shape index (κ1) is 20.6. The summed E-state index contributed by atoms with van der Waals surface area (Å²) in [6.45, 7) is 2.96. The Labute approximate surface area is 191 Å². The van der Waals surface area contributed by atoms with Crippen molar-refractivity contribution < 1.29 is 15.0 Å². The molecule has 0 saturated heterocycles. The fourth-order valence-electron chi connectivity index (χ4n) is 4.28. The summed E-state index contributed by atoms with van der Waals surface area (Å²) in [5.74, 6) is -0.109. The lowest BCUT2D eigenvalue weighted by atomic mass is 10.1. The van der Waals surface area contributed by atoms with Gasteiger partial charge in [0.1, 0.15) is 22.9 Å². The van der Waals surface area contributed by atoms with Gasteiger partial charge in [0.2, 0.25) is 0 Å². The Hall–Kier alpha value is -4.26. The van der Waals surface area contributed by atoms with Crippen LogP contribution in [-0.4, -0.2) is 30.8 Å². The van der Waals surface area contributed by atoms with Crippen molar-refractivity contribution in [1.82, 2.24) is 14.7 Å². The van der Waals surface area contributed by atoms with Crippen LogP contribution in [-0.2, 0) is 20.1 Å². The lowest BCUT2D eigenvalue weighted by molar-refractivity contribution is 0.0749. The van der Waals surface area contributed by atoms with E-state index in [2.05, 4.69) is 10.4 Å². The minimum absolute atomic E-state index is 0.110. The number of aryl methyl sites for hydroxylation is 2. The molecule has 3 N–H and O–H groups in total. The van der Waals surface area contributed by atoms with Crippen LogP contribution in [0.5, 0.6) is 11.5 Å². The number of rotatable bonds is 4. The number of carbonyl (C=O) groups excluding carboxylic acids is 1. The number of aromatic nitrogens is 2. The van der Waals surface area contributed by atoms with E-state index in [4.69, 9.17) is 0 Å². The average Bonchev–Trinajstić information content (AvgIpc) is 3.37. The molecule has 0 unspecified atom stereocenters. The predicted molar refractivity (Wildman–Crippen MR) is 126 cm³/mol. The molecule has 0 fully saturated rings. The quantitative estimate of drug-likeness (QED) is 0.428. The van der Waals surface area contributed by atoms with Crippen molar-refractivity contribution in [2.75, 3.05) is 5.32 Å². The van der Waals surface area contributed by atoms with E-state index in [0.717, 1.165) is 27.9 Å². The lowest BCUT2D eigenvalue weighted by Gasteiger charge is -2.19. The Bertz CT molecular complexity index is 1350. The first-order valence-electron chi connectivity index (χ1n) is 10.7. The number of fused-ring (bicyclic) bond motifs is 1. The first-order chi connectivity index (χ1) is 15.9. The van der Waals surface area contributed by atoms with Crippen LogP contribution in [0.4, 0.5) is 11.5 Å². The van der Waals surface area contributed by atoms with Gasteiger partial charge in [0, 0.05) is 43.9 Å². The largest absolute Gasteiger partial charge is 0.508 e. The van der Waals surface area contributed by atoms with Gasteiger partial charge in [-0.15, -0.1) is 0 Å². The number of benzene rings is 3. The maximum absolute atomic E-state index is 13.4. The molecule has 0 bridgehead atoms. The van der Waals surface area contributed by atoms with E-state index in [1.54, 1.807) is 16.6 Å². The highest BCUT2D eigenvalue weighted by molar-refractivity contribution is 6.03. The predicted octanol–water partition coefficient (Wildman–Crippen LogP) is 4.71. The third-order valence-electron chi connectivity index (χ3n) is 6.01. The van der Waals surface area contributed by atoms with Crippen LogP contribution in [0, 0.1) is 6.92 Å². The number of phenols is 2. The van der Waals surface area contributed by atoms with Crippen LogP contribution in [0.25, 0.3) is 11.3 Å². The number of anilines is 2. The highest BCUT2D eigenvalue weighted by Gasteiger charge is 2.28. The summed E-state index contributed by atoms with van der Waals surface area (Å²) >= 11 is 0. The van der Waals surface area contributed by atoms with E-state index < -0.39 is 0 Å². The van der Waals surface area contributed by atoms with Crippen LogP contribution < -0.4 is 5.32 Å². The summed E-state index contributed by atoms with van der Waals surface area (Å²) in [5.41, 5.74) is 5.49. The number of amides is 1. The van der Waals surface area contributed by atoms with Crippen molar-refractivity contribution in [3.8, 4) is 22.8 Å². The Balaban J connectivity index is 1.49. The van der Waals surface area contributed by atoms with Gasteiger partial charge in [-0.05, 0) is 23.6 Å². The number of nitrogens with zero attached hydrogens (tertiary/aromatic N) is 3. The third-order valence-corrected chi connectivity index (χ3v) is 6.01. The second-order valence-electron chi connectivity index (χ2n) is 8.30. The normalized spacial score (nSPS) is 12.6. The van der Waals surface area contributed by atoms with E-state index in [1.807, 2.05) is 61.5 Å².